The summed E-state index contributed by atoms with van der Waals surface area (Å²) in [5, 5.41) is 0. The number of nitrogens with two attached hydrogens (primary N) is 1. The second kappa shape index (κ2) is 7.57. The minimum absolute atomic E-state index is 0.140. The summed E-state index contributed by atoms with van der Waals surface area (Å²) >= 11 is 0. The Morgan fingerprint density at radius 3 is 2.52 bits per heavy atom. The molecule has 2 rings (SSSR count). The van der Waals surface area contributed by atoms with E-state index in [-0.39, 0.29) is 11.9 Å². The van der Waals surface area contributed by atoms with Gasteiger partial charge in [0, 0.05) is 26.2 Å². The Morgan fingerprint density at radius 1 is 1.24 bits per heavy atom. The fourth-order valence-corrected chi connectivity index (χ4v) is 2.94. The normalized spacial score (nSPS) is 18.6. The number of benzene rings is 1. The fourth-order valence-electron chi connectivity index (χ4n) is 2.94. The highest BCUT2D eigenvalue weighted by Gasteiger charge is 2.23. The van der Waals surface area contributed by atoms with Gasteiger partial charge in [-0.15, -0.1) is 0 Å². The molecule has 21 heavy (non-hydrogen) atoms. The van der Waals surface area contributed by atoms with Crippen molar-refractivity contribution in [2.45, 2.75) is 32.7 Å². The molecule has 1 amide bonds. The number of hydrogen-bond donors (Lipinski definition) is 1. The number of piperazine rings is 1. The van der Waals surface area contributed by atoms with Crippen LogP contribution in [-0.2, 0) is 11.2 Å². The SMILES string of the molecule is Cc1ccccc1CCCN1CCN([C@H](C)C(N)=O)CC1. The van der Waals surface area contributed by atoms with Gasteiger partial charge in [-0.25, -0.2) is 0 Å². The molecular formula is C17H27N3O. The highest BCUT2D eigenvalue weighted by Crippen LogP contribution is 2.11. The maximum Gasteiger partial charge on any atom is 0.234 e. The van der Waals surface area contributed by atoms with Crippen molar-refractivity contribution in [1.29, 1.82) is 0 Å². The first-order valence-electron chi connectivity index (χ1n) is 7.88. The molecule has 1 saturated heterocycles. The molecule has 0 radical (unpaired) electrons. The Labute approximate surface area is 127 Å². The van der Waals surface area contributed by atoms with Gasteiger partial charge in [-0.2, -0.15) is 0 Å². The molecule has 0 aliphatic carbocycles. The fraction of sp³-hybridized carbons (Fsp3) is 0.588. The van der Waals surface area contributed by atoms with Gasteiger partial charge in [-0.05, 0) is 44.4 Å². The number of amides is 1. The van der Waals surface area contributed by atoms with E-state index in [9.17, 15) is 4.79 Å². The zero-order valence-corrected chi connectivity index (χ0v) is 13.2. The Bertz CT molecular complexity index is 467. The minimum atomic E-state index is -0.219. The van der Waals surface area contributed by atoms with Gasteiger partial charge in [0.25, 0.3) is 0 Å². The van der Waals surface area contributed by atoms with Crippen LogP contribution in [0.4, 0.5) is 0 Å². The van der Waals surface area contributed by atoms with Crippen molar-refractivity contribution < 1.29 is 4.79 Å². The number of carbonyl (C=O) groups excluding carboxylic acids is 1. The third-order valence-corrected chi connectivity index (χ3v) is 4.55. The molecule has 0 unspecified atom stereocenters. The lowest BCUT2D eigenvalue weighted by Gasteiger charge is -2.36. The average molecular weight is 289 g/mol. The minimum Gasteiger partial charge on any atom is -0.368 e. The first-order valence-corrected chi connectivity index (χ1v) is 7.88. The maximum atomic E-state index is 11.2. The van der Waals surface area contributed by atoms with E-state index in [2.05, 4.69) is 41.0 Å². The molecule has 0 bridgehead atoms. The van der Waals surface area contributed by atoms with E-state index in [1.165, 1.54) is 17.5 Å². The molecule has 4 heteroatoms. The molecule has 1 fully saturated rings. The molecule has 1 aliphatic rings. The number of hydrogen-bond acceptors (Lipinski definition) is 3. The molecule has 0 aromatic heterocycles. The van der Waals surface area contributed by atoms with Gasteiger partial charge in [0.2, 0.25) is 5.91 Å². The van der Waals surface area contributed by atoms with Crippen LogP contribution < -0.4 is 5.73 Å². The summed E-state index contributed by atoms with van der Waals surface area (Å²) < 4.78 is 0. The second-order valence-electron chi connectivity index (χ2n) is 5.99. The van der Waals surface area contributed by atoms with Crippen molar-refractivity contribution >= 4 is 5.91 Å². The van der Waals surface area contributed by atoms with Crippen molar-refractivity contribution in [2.75, 3.05) is 32.7 Å². The first kappa shape index (κ1) is 16.0. The number of aryl methyl sites for hydroxylation is 2. The van der Waals surface area contributed by atoms with Crippen LogP contribution in [0.25, 0.3) is 0 Å². The summed E-state index contributed by atoms with van der Waals surface area (Å²) in [5.41, 5.74) is 8.21. The number of carbonyl (C=O) groups is 1. The zero-order valence-electron chi connectivity index (χ0n) is 13.2. The van der Waals surface area contributed by atoms with Crippen LogP contribution in [0, 0.1) is 6.92 Å². The second-order valence-corrected chi connectivity index (χ2v) is 5.99. The van der Waals surface area contributed by atoms with E-state index in [1.807, 2.05) is 6.92 Å². The quantitative estimate of drug-likeness (QED) is 0.861. The van der Waals surface area contributed by atoms with Crippen molar-refractivity contribution in [1.82, 2.24) is 9.80 Å². The van der Waals surface area contributed by atoms with E-state index >= 15 is 0 Å². The molecule has 0 saturated carbocycles. The van der Waals surface area contributed by atoms with Crippen LogP contribution in [0.2, 0.25) is 0 Å². The predicted molar refractivity (Wildman–Crippen MR) is 86.2 cm³/mol. The molecule has 116 valence electrons. The largest absolute Gasteiger partial charge is 0.368 e. The van der Waals surface area contributed by atoms with Gasteiger partial charge in [0.05, 0.1) is 6.04 Å². The first-order chi connectivity index (χ1) is 10.1. The summed E-state index contributed by atoms with van der Waals surface area (Å²) in [7, 11) is 0. The Hall–Kier alpha value is -1.39. The third-order valence-electron chi connectivity index (χ3n) is 4.55. The van der Waals surface area contributed by atoms with Crippen LogP contribution in [0.1, 0.15) is 24.5 Å². The Kier molecular flexibility index (Phi) is 5.76. The predicted octanol–water partition coefficient (Wildman–Crippen LogP) is 1.42. The number of rotatable bonds is 6. The summed E-state index contributed by atoms with van der Waals surface area (Å²) in [6.07, 6.45) is 2.33. The summed E-state index contributed by atoms with van der Waals surface area (Å²) in [5.74, 6) is -0.219. The van der Waals surface area contributed by atoms with Gasteiger partial charge < -0.3 is 10.6 Å². The highest BCUT2D eigenvalue weighted by atomic mass is 16.1. The molecule has 1 atom stereocenters. The Morgan fingerprint density at radius 2 is 1.90 bits per heavy atom. The maximum absolute atomic E-state index is 11.2. The van der Waals surface area contributed by atoms with E-state index < -0.39 is 0 Å². The molecule has 1 heterocycles. The smallest absolute Gasteiger partial charge is 0.234 e. The molecule has 2 N–H and O–H groups in total. The van der Waals surface area contributed by atoms with Gasteiger partial charge in [-0.1, -0.05) is 24.3 Å². The van der Waals surface area contributed by atoms with Crippen LogP contribution in [0.15, 0.2) is 24.3 Å². The van der Waals surface area contributed by atoms with E-state index in [0.29, 0.717) is 0 Å². The molecule has 4 nitrogen and oxygen atoms in total. The van der Waals surface area contributed by atoms with E-state index in [1.54, 1.807) is 0 Å². The number of nitrogens with zero attached hydrogens (tertiary/aromatic N) is 2. The van der Waals surface area contributed by atoms with E-state index in [0.717, 1.165) is 39.1 Å². The summed E-state index contributed by atoms with van der Waals surface area (Å²) in [6.45, 7) is 9.16. The monoisotopic (exact) mass is 289 g/mol. The van der Waals surface area contributed by atoms with Gasteiger partial charge >= 0.3 is 0 Å². The van der Waals surface area contributed by atoms with Crippen LogP contribution in [0.5, 0.6) is 0 Å². The van der Waals surface area contributed by atoms with Gasteiger partial charge in [-0.3, -0.25) is 9.69 Å². The van der Waals surface area contributed by atoms with Crippen molar-refractivity contribution in [3.05, 3.63) is 35.4 Å². The lowest BCUT2D eigenvalue weighted by atomic mass is 10.0. The van der Waals surface area contributed by atoms with Crippen LogP contribution in [-0.4, -0.2) is 54.5 Å². The molecular weight excluding hydrogens is 262 g/mol. The highest BCUT2D eigenvalue weighted by molar-refractivity contribution is 5.79. The van der Waals surface area contributed by atoms with Crippen molar-refractivity contribution in [3.63, 3.8) is 0 Å². The summed E-state index contributed by atoms with van der Waals surface area (Å²) in [6, 6.07) is 8.48. The lowest BCUT2D eigenvalue weighted by Crippen LogP contribution is -2.53. The van der Waals surface area contributed by atoms with Crippen molar-refractivity contribution in [3.8, 4) is 0 Å². The van der Waals surface area contributed by atoms with Gasteiger partial charge in [0.15, 0.2) is 0 Å². The molecule has 1 aromatic rings. The average Bonchev–Trinajstić information content (AvgIpc) is 2.49. The molecule has 0 spiro atoms. The van der Waals surface area contributed by atoms with Crippen LogP contribution >= 0.6 is 0 Å². The zero-order chi connectivity index (χ0) is 15.2. The van der Waals surface area contributed by atoms with Crippen LogP contribution in [0.3, 0.4) is 0 Å². The van der Waals surface area contributed by atoms with Gasteiger partial charge in [0.1, 0.15) is 0 Å². The Balaban J connectivity index is 1.70. The molecule has 1 aliphatic heterocycles. The topological polar surface area (TPSA) is 49.6 Å². The lowest BCUT2D eigenvalue weighted by molar-refractivity contribution is -0.123. The van der Waals surface area contributed by atoms with E-state index in [4.69, 9.17) is 5.73 Å². The summed E-state index contributed by atoms with van der Waals surface area (Å²) in [4.78, 5) is 15.9. The number of primary amides is 1. The standard InChI is InChI=1S/C17H27N3O/c1-14-6-3-4-7-16(14)8-5-9-19-10-12-20(13-11-19)15(2)17(18)21/h3-4,6-7,15H,5,8-13H2,1-2H3,(H2,18,21)/t15-/m1/s1. The van der Waals surface area contributed by atoms with Crippen molar-refractivity contribution in [2.24, 2.45) is 5.73 Å². The molecule has 1 aromatic carbocycles. The third kappa shape index (κ3) is 4.55.